The highest BCUT2D eigenvalue weighted by atomic mass is 16.6. The molecule has 0 radical (unpaired) electrons. The quantitative estimate of drug-likeness (QED) is 0.639. The number of nitrogens with zero attached hydrogens (tertiary/aromatic N) is 2. The largest absolute Gasteiger partial charge is 0.350 e. The predicted molar refractivity (Wildman–Crippen MR) is 103 cm³/mol. The van der Waals surface area contributed by atoms with Crippen LogP contribution in [0.2, 0.25) is 0 Å². The molecule has 1 aliphatic heterocycles. The summed E-state index contributed by atoms with van der Waals surface area (Å²) in [6.07, 6.45) is 2.07. The molecule has 0 aromatic heterocycles. The number of para-hydroxylation sites is 1. The third-order valence-corrected chi connectivity index (χ3v) is 5.69. The van der Waals surface area contributed by atoms with Gasteiger partial charge in [0.2, 0.25) is 0 Å². The molecule has 3 N–H and O–H groups in total. The van der Waals surface area contributed by atoms with Crippen LogP contribution in [0.3, 0.4) is 0 Å². The molecule has 1 saturated heterocycles. The number of hydrogen-bond donors (Lipinski definition) is 2. The fraction of sp³-hybridized carbons (Fsp3) is 0.350. The molecule has 0 spiro atoms. The number of carbonyl (C=O) groups excluding carboxylic acids is 1. The highest BCUT2D eigenvalue weighted by Gasteiger charge is 2.42. The van der Waals surface area contributed by atoms with Crippen LogP contribution >= 0.6 is 0 Å². The predicted octanol–water partition coefficient (Wildman–Crippen LogP) is 3.15. The van der Waals surface area contributed by atoms with E-state index >= 15 is 0 Å². The Morgan fingerprint density at radius 3 is 2.63 bits per heavy atom. The molecular weight excluding hydrogens is 344 g/mol. The summed E-state index contributed by atoms with van der Waals surface area (Å²) in [5.74, 6) is 0.645. The SMILES string of the molecule is NC1CCC2CN(C(=O)c3ccc(Nc4ccccc4)c([N+](=O)[O-])c3)CC12. The fourth-order valence-electron chi connectivity index (χ4n) is 4.25. The Balaban J connectivity index is 1.56. The first-order valence-corrected chi connectivity index (χ1v) is 9.18. The van der Waals surface area contributed by atoms with Gasteiger partial charge in [0.25, 0.3) is 11.6 Å². The number of nitro groups is 1. The van der Waals surface area contributed by atoms with E-state index in [0.29, 0.717) is 36.2 Å². The molecule has 140 valence electrons. The van der Waals surface area contributed by atoms with Gasteiger partial charge in [0.1, 0.15) is 5.69 Å². The van der Waals surface area contributed by atoms with Crippen LogP contribution in [0.15, 0.2) is 48.5 Å². The summed E-state index contributed by atoms with van der Waals surface area (Å²) < 4.78 is 0. The standard InChI is InChI=1S/C20H22N4O3/c21-17-8-6-14-11-23(12-16(14)17)20(25)13-7-9-18(19(10-13)24(26)27)22-15-4-2-1-3-5-15/h1-5,7,9-10,14,16-17,22H,6,8,11-12,21H2. The maximum atomic E-state index is 12.9. The first kappa shape index (κ1) is 17.5. The van der Waals surface area contributed by atoms with Crippen molar-refractivity contribution < 1.29 is 9.72 Å². The van der Waals surface area contributed by atoms with Crippen molar-refractivity contribution in [2.45, 2.75) is 18.9 Å². The molecule has 1 amide bonds. The van der Waals surface area contributed by atoms with Gasteiger partial charge in [-0.1, -0.05) is 18.2 Å². The van der Waals surface area contributed by atoms with Crippen LogP contribution in [0, 0.1) is 22.0 Å². The zero-order valence-electron chi connectivity index (χ0n) is 14.9. The monoisotopic (exact) mass is 366 g/mol. The van der Waals surface area contributed by atoms with E-state index in [1.807, 2.05) is 30.3 Å². The number of benzene rings is 2. The summed E-state index contributed by atoms with van der Waals surface area (Å²) in [5.41, 5.74) is 7.49. The molecule has 4 rings (SSSR count). The van der Waals surface area contributed by atoms with Crippen molar-refractivity contribution >= 4 is 23.0 Å². The van der Waals surface area contributed by atoms with Gasteiger partial charge in [-0.15, -0.1) is 0 Å². The minimum Gasteiger partial charge on any atom is -0.350 e. The molecule has 2 fully saturated rings. The van der Waals surface area contributed by atoms with Gasteiger partial charge < -0.3 is 16.0 Å². The van der Waals surface area contributed by atoms with E-state index < -0.39 is 4.92 Å². The highest BCUT2D eigenvalue weighted by Crippen LogP contribution is 2.38. The third-order valence-electron chi connectivity index (χ3n) is 5.69. The molecule has 27 heavy (non-hydrogen) atoms. The van der Waals surface area contributed by atoms with E-state index in [9.17, 15) is 14.9 Å². The molecule has 3 unspecified atom stereocenters. The number of nitrogens with one attached hydrogen (secondary N) is 1. The average Bonchev–Trinajstić information content (AvgIpc) is 3.24. The van der Waals surface area contributed by atoms with Crippen LogP contribution in [0.1, 0.15) is 23.2 Å². The Kier molecular flexibility index (Phi) is 4.53. The lowest BCUT2D eigenvalue weighted by Gasteiger charge is -2.19. The summed E-state index contributed by atoms with van der Waals surface area (Å²) in [6, 6.07) is 14.0. The van der Waals surface area contributed by atoms with Crippen molar-refractivity contribution in [1.29, 1.82) is 0 Å². The summed E-state index contributed by atoms with van der Waals surface area (Å²) in [7, 11) is 0. The second-order valence-corrected chi connectivity index (χ2v) is 7.36. The van der Waals surface area contributed by atoms with E-state index in [2.05, 4.69) is 5.32 Å². The van der Waals surface area contributed by atoms with E-state index in [4.69, 9.17) is 5.73 Å². The first-order valence-electron chi connectivity index (χ1n) is 9.18. The molecule has 2 aromatic rings. The summed E-state index contributed by atoms with van der Waals surface area (Å²) in [5, 5.41) is 14.6. The van der Waals surface area contributed by atoms with E-state index in [-0.39, 0.29) is 17.6 Å². The molecular formula is C20H22N4O3. The van der Waals surface area contributed by atoms with E-state index in [1.165, 1.54) is 6.07 Å². The van der Waals surface area contributed by atoms with Gasteiger partial charge in [-0.25, -0.2) is 0 Å². The zero-order valence-corrected chi connectivity index (χ0v) is 14.9. The van der Waals surface area contributed by atoms with Gasteiger partial charge in [-0.05, 0) is 48.9 Å². The number of likely N-dealkylation sites (tertiary alicyclic amines) is 1. The van der Waals surface area contributed by atoms with E-state index in [1.54, 1.807) is 17.0 Å². The third kappa shape index (κ3) is 3.38. The molecule has 2 aliphatic rings. The van der Waals surface area contributed by atoms with Crippen LogP contribution in [0.4, 0.5) is 17.1 Å². The van der Waals surface area contributed by atoms with Gasteiger partial charge in [0, 0.05) is 36.4 Å². The topological polar surface area (TPSA) is 102 Å². The van der Waals surface area contributed by atoms with Gasteiger partial charge >= 0.3 is 0 Å². The number of hydrogen-bond acceptors (Lipinski definition) is 5. The Morgan fingerprint density at radius 1 is 1.15 bits per heavy atom. The van der Waals surface area contributed by atoms with Crippen LogP contribution < -0.4 is 11.1 Å². The van der Waals surface area contributed by atoms with Crippen molar-refractivity contribution in [3.63, 3.8) is 0 Å². The average molecular weight is 366 g/mol. The van der Waals surface area contributed by atoms with Crippen molar-refractivity contribution in [3.05, 3.63) is 64.2 Å². The van der Waals surface area contributed by atoms with Crippen LogP contribution in [-0.4, -0.2) is 34.9 Å². The molecule has 1 heterocycles. The lowest BCUT2D eigenvalue weighted by molar-refractivity contribution is -0.383. The Bertz CT molecular complexity index is 871. The summed E-state index contributed by atoms with van der Waals surface area (Å²) >= 11 is 0. The number of anilines is 2. The number of amides is 1. The number of rotatable bonds is 4. The van der Waals surface area contributed by atoms with Crippen molar-refractivity contribution in [1.82, 2.24) is 4.90 Å². The smallest absolute Gasteiger partial charge is 0.293 e. The number of carbonyl (C=O) groups is 1. The number of nitrogens with two attached hydrogens (primary N) is 1. The second-order valence-electron chi connectivity index (χ2n) is 7.36. The van der Waals surface area contributed by atoms with Gasteiger partial charge in [-0.2, -0.15) is 0 Å². The lowest BCUT2D eigenvalue weighted by Crippen LogP contribution is -2.33. The van der Waals surface area contributed by atoms with Gasteiger partial charge in [-0.3, -0.25) is 14.9 Å². The number of fused-ring (bicyclic) bond motifs is 1. The van der Waals surface area contributed by atoms with Crippen LogP contribution in [-0.2, 0) is 0 Å². The lowest BCUT2D eigenvalue weighted by atomic mass is 9.98. The van der Waals surface area contributed by atoms with Gasteiger partial charge in [0.15, 0.2) is 0 Å². The van der Waals surface area contributed by atoms with Crippen molar-refractivity contribution in [3.8, 4) is 0 Å². The molecule has 1 saturated carbocycles. The molecule has 1 aliphatic carbocycles. The normalized spacial score (nSPS) is 23.9. The molecule has 7 nitrogen and oxygen atoms in total. The zero-order chi connectivity index (χ0) is 19.0. The number of nitro benzene ring substituents is 1. The van der Waals surface area contributed by atoms with Crippen molar-refractivity contribution in [2.75, 3.05) is 18.4 Å². The Morgan fingerprint density at radius 2 is 1.93 bits per heavy atom. The minimum absolute atomic E-state index is 0.110. The van der Waals surface area contributed by atoms with E-state index in [0.717, 1.165) is 18.5 Å². The van der Waals surface area contributed by atoms with Crippen LogP contribution in [0.25, 0.3) is 0 Å². The van der Waals surface area contributed by atoms with Crippen molar-refractivity contribution in [2.24, 2.45) is 17.6 Å². The van der Waals surface area contributed by atoms with Crippen LogP contribution in [0.5, 0.6) is 0 Å². The fourth-order valence-corrected chi connectivity index (χ4v) is 4.25. The maximum absolute atomic E-state index is 12.9. The molecule has 0 bridgehead atoms. The highest BCUT2D eigenvalue weighted by molar-refractivity contribution is 5.96. The molecule has 3 atom stereocenters. The maximum Gasteiger partial charge on any atom is 0.293 e. The Hall–Kier alpha value is -2.93. The molecule has 7 heteroatoms. The minimum atomic E-state index is -0.462. The summed E-state index contributed by atoms with van der Waals surface area (Å²) in [6.45, 7) is 1.33. The first-order chi connectivity index (χ1) is 13.0. The summed E-state index contributed by atoms with van der Waals surface area (Å²) in [4.78, 5) is 25.7. The molecule has 2 aromatic carbocycles. The van der Waals surface area contributed by atoms with Gasteiger partial charge in [0.05, 0.1) is 4.92 Å². The second kappa shape index (κ2) is 7.00. The Labute approximate surface area is 157 Å².